The van der Waals surface area contributed by atoms with Gasteiger partial charge in [-0.25, -0.2) is 0 Å². The van der Waals surface area contributed by atoms with Gasteiger partial charge in [-0.3, -0.25) is 4.99 Å². The van der Waals surface area contributed by atoms with E-state index in [9.17, 15) is 0 Å². The molecule has 0 amide bonds. The smallest absolute Gasteiger partial charge is 0.193 e. The van der Waals surface area contributed by atoms with Gasteiger partial charge in [-0.05, 0) is 49.5 Å². The molecular weight excluding hydrogens is 503 g/mol. The van der Waals surface area contributed by atoms with Crippen molar-refractivity contribution in [1.82, 2.24) is 15.1 Å². The minimum Gasteiger partial charge on any atom is -0.353 e. The van der Waals surface area contributed by atoms with Gasteiger partial charge >= 0.3 is 0 Å². The van der Waals surface area contributed by atoms with Crippen molar-refractivity contribution in [3.8, 4) is 0 Å². The average Bonchev–Trinajstić information content (AvgIpc) is 3.25. The minimum absolute atomic E-state index is 0. The fraction of sp³-hybridized carbons (Fsp3) is 0.650. The molecule has 2 fully saturated rings. The summed E-state index contributed by atoms with van der Waals surface area (Å²) in [5.41, 5.74) is 1.43. The van der Waals surface area contributed by atoms with E-state index in [1.54, 1.807) is 0 Å². The van der Waals surface area contributed by atoms with Crippen molar-refractivity contribution in [1.29, 1.82) is 0 Å². The highest BCUT2D eigenvalue weighted by atomic mass is 127. The number of nitrogens with one attached hydrogen (secondary N) is 1. The van der Waals surface area contributed by atoms with Crippen molar-refractivity contribution < 1.29 is 0 Å². The lowest BCUT2D eigenvalue weighted by Gasteiger charge is -2.24. The van der Waals surface area contributed by atoms with Crippen LogP contribution in [0.15, 0.2) is 33.7 Å². The lowest BCUT2D eigenvalue weighted by atomic mass is 10.1. The summed E-state index contributed by atoms with van der Waals surface area (Å²) in [5.74, 6) is 2.48. The van der Waals surface area contributed by atoms with E-state index in [1.165, 1.54) is 24.9 Å². The number of halogens is 2. The number of likely N-dealkylation sites (tertiary alicyclic amines) is 1. The zero-order valence-corrected chi connectivity index (χ0v) is 20.0. The van der Waals surface area contributed by atoms with Crippen molar-refractivity contribution in [3.05, 3.63) is 34.3 Å². The van der Waals surface area contributed by atoms with Gasteiger partial charge in [0.25, 0.3) is 0 Å². The topological polar surface area (TPSA) is 30.9 Å². The molecule has 1 saturated carbocycles. The molecule has 0 aromatic heterocycles. The molecule has 1 aromatic carbocycles. The van der Waals surface area contributed by atoms with Crippen LogP contribution in [0.3, 0.4) is 0 Å². The summed E-state index contributed by atoms with van der Waals surface area (Å²) in [4.78, 5) is 9.54. The number of benzene rings is 1. The van der Waals surface area contributed by atoms with Crippen LogP contribution < -0.4 is 5.32 Å². The summed E-state index contributed by atoms with van der Waals surface area (Å²) in [5, 5.41) is 3.70. The molecule has 1 aliphatic heterocycles. The summed E-state index contributed by atoms with van der Waals surface area (Å²) in [7, 11) is 1.91. The SMILES string of the molecule is CCN(CC)CC1CCN(C(=NC)NC2CC2c2ccc(Br)cc2)C1.I. The molecule has 3 unspecified atom stereocenters. The molecule has 0 spiro atoms. The molecule has 1 aliphatic carbocycles. The summed E-state index contributed by atoms with van der Waals surface area (Å²) >= 11 is 3.51. The Bertz CT molecular complexity index is 588. The van der Waals surface area contributed by atoms with Crippen molar-refractivity contribution in [3.63, 3.8) is 0 Å². The predicted molar refractivity (Wildman–Crippen MR) is 125 cm³/mol. The van der Waals surface area contributed by atoms with Crippen LogP contribution in [0.1, 0.15) is 38.2 Å². The summed E-state index contributed by atoms with van der Waals surface area (Å²) in [6.45, 7) is 10.3. The van der Waals surface area contributed by atoms with E-state index < -0.39 is 0 Å². The lowest BCUT2D eigenvalue weighted by Crippen LogP contribution is -2.42. The molecule has 3 atom stereocenters. The average molecular weight is 535 g/mol. The fourth-order valence-electron chi connectivity index (χ4n) is 3.92. The van der Waals surface area contributed by atoms with Gasteiger partial charge in [-0.1, -0.05) is 41.9 Å². The van der Waals surface area contributed by atoms with Crippen LogP contribution in [0.2, 0.25) is 0 Å². The maximum absolute atomic E-state index is 4.56. The second-order valence-electron chi connectivity index (χ2n) is 7.28. The fourth-order valence-corrected chi connectivity index (χ4v) is 4.18. The Morgan fingerprint density at radius 1 is 1.27 bits per heavy atom. The van der Waals surface area contributed by atoms with Crippen molar-refractivity contribution in [2.24, 2.45) is 10.9 Å². The molecule has 3 rings (SSSR count). The highest BCUT2D eigenvalue weighted by Crippen LogP contribution is 2.41. The number of nitrogens with zero attached hydrogens (tertiary/aromatic N) is 3. The highest BCUT2D eigenvalue weighted by molar-refractivity contribution is 14.0. The van der Waals surface area contributed by atoms with E-state index in [0.717, 1.165) is 42.5 Å². The van der Waals surface area contributed by atoms with Gasteiger partial charge in [0.15, 0.2) is 5.96 Å². The normalized spacial score (nSPS) is 25.3. The van der Waals surface area contributed by atoms with Crippen molar-refractivity contribution in [2.45, 2.75) is 38.6 Å². The van der Waals surface area contributed by atoms with Gasteiger partial charge in [0.2, 0.25) is 0 Å². The second kappa shape index (κ2) is 10.3. The molecular formula is C20H32BrIN4. The predicted octanol–water partition coefficient (Wildman–Crippen LogP) is 4.16. The third-order valence-corrected chi connectivity index (χ3v) is 6.14. The molecule has 146 valence electrons. The number of guanidine groups is 1. The van der Waals surface area contributed by atoms with Crippen LogP contribution in [0.4, 0.5) is 0 Å². The van der Waals surface area contributed by atoms with E-state index in [-0.39, 0.29) is 24.0 Å². The van der Waals surface area contributed by atoms with Crippen molar-refractivity contribution in [2.75, 3.05) is 39.8 Å². The number of aliphatic imine (C=N–C) groups is 1. The minimum atomic E-state index is 0. The molecule has 0 bridgehead atoms. The third kappa shape index (κ3) is 5.58. The number of rotatable bonds is 6. The quantitative estimate of drug-likeness (QED) is 0.338. The van der Waals surface area contributed by atoms with Crippen LogP contribution in [0.5, 0.6) is 0 Å². The second-order valence-corrected chi connectivity index (χ2v) is 8.19. The van der Waals surface area contributed by atoms with Gasteiger partial charge in [-0.15, -0.1) is 24.0 Å². The van der Waals surface area contributed by atoms with E-state index in [2.05, 4.69) is 74.2 Å². The van der Waals surface area contributed by atoms with Gasteiger partial charge in [-0.2, -0.15) is 0 Å². The molecule has 1 heterocycles. The molecule has 2 aliphatic rings. The van der Waals surface area contributed by atoms with E-state index in [4.69, 9.17) is 0 Å². The zero-order chi connectivity index (χ0) is 17.8. The van der Waals surface area contributed by atoms with E-state index in [0.29, 0.717) is 12.0 Å². The van der Waals surface area contributed by atoms with Crippen molar-refractivity contribution >= 4 is 45.9 Å². The van der Waals surface area contributed by atoms with Gasteiger partial charge in [0.05, 0.1) is 0 Å². The van der Waals surface area contributed by atoms with Crippen LogP contribution >= 0.6 is 39.9 Å². The molecule has 0 radical (unpaired) electrons. The Balaban J connectivity index is 0.00000243. The molecule has 1 N–H and O–H groups in total. The van der Waals surface area contributed by atoms with Crippen LogP contribution in [0.25, 0.3) is 0 Å². The Labute approximate surface area is 184 Å². The first-order chi connectivity index (χ1) is 12.1. The summed E-state index contributed by atoms with van der Waals surface area (Å²) < 4.78 is 1.15. The largest absolute Gasteiger partial charge is 0.353 e. The molecule has 1 aromatic rings. The van der Waals surface area contributed by atoms with Gasteiger partial charge < -0.3 is 15.1 Å². The number of hydrogen-bond acceptors (Lipinski definition) is 2. The zero-order valence-electron chi connectivity index (χ0n) is 16.1. The molecule has 26 heavy (non-hydrogen) atoms. The molecule has 1 saturated heterocycles. The standard InChI is InChI=1S/C20H31BrN4.HI/c1-4-24(5-2)13-15-10-11-25(14-15)20(22-3)23-19-12-18(19)16-6-8-17(21)9-7-16;/h6-9,15,18-19H,4-5,10-14H2,1-3H3,(H,22,23);1H. The first-order valence-corrected chi connectivity index (χ1v) is 10.4. The van der Waals surface area contributed by atoms with E-state index in [1.807, 2.05) is 7.05 Å². The number of hydrogen-bond donors (Lipinski definition) is 1. The lowest BCUT2D eigenvalue weighted by molar-refractivity contribution is 0.255. The Hall–Kier alpha value is -0.340. The first-order valence-electron chi connectivity index (χ1n) is 9.60. The maximum Gasteiger partial charge on any atom is 0.193 e. The van der Waals surface area contributed by atoms with Gasteiger partial charge in [0.1, 0.15) is 0 Å². The van der Waals surface area contributed by atoms with Crippen LogP contribution in [-0.2, 0) is 0 Å². The Morgan fingerprint density at radius 2 is 1.96 bits per heavy atom. The summed E-state index contributed by atoms with van der Waals surface area (Å²) in [6.07, 6.45) is 2.48. The Morgan fingerprint density at radius 3 is 2.58 bits per heavy atom. The van der Waals surface area contributed by atoms with Crippen LogP contribution in [-0.4, -0.2) is 61.6 Å². The van der Waals surface area contributed by atoms with Crippen LogP contribution in [0, 0.1) is 5.92 Å². The highest BCUT2D eigenvalue weighted by Gasteiger charge is 2.40. The third-order valence-electron chi connectivity index (χ3n) is 5.61. The Kier molecular flexibility index (Phi) is 8.67. The first kappa shape index (κ1) is 22.0. The maximum atomic E-state index is 4.56. The summed E-state index contributed by atoms with van der Waals surface area (Å²) in [6, 6.07) is 9.27. The molecule has 6 heteroatoms. The van der Waals surface area contributed by atoms with E-state index >= 15 is 0 Å². The van der Waals surface area contributed by atoms with Gasteiger partial charge in [0, 0.05) is 43.1 Å². The molecule has 4 nitrogen and oxygen atoms in total. The monoisotopic (exact) mass is 534 g/mol.